The third-order valence-electron chi connectivity index (χ3n) is 3.62. The van der Waals surface area contributed by atoms with Gasteiger partial charge in [0.1, 0.15) is 0 Å². The highest BCUT2D eigenvalue weighted by Crippen LogP contribution is 2.14. The molecule has 1 aliphatic heterocycles. The first kappa shape index (κ1) is 16.9. The van der Waals surface area contributed by atoms with E-state index in [1.165, 1.54) is 26.2 Å². The molecular weight excluding hydrogens is 304 g/mol. The lowest BCUT2D eigenvalue weighted by molar-refractivity contribution is -0.120. The topological polar surface area (TPSA) is 75.7 Å². The molecule has 1 aliphatic rings. The van der Waals surface area contributed by atoms with Crippen LogP contribution >= 0.6 is 0 Å². The van der Waals surface area contributed by atoms with Crippen LogP contribution in [-0.4, -0.2) is 52.0 Å². The summed E-state index contributed by atoms with van der Waals surface area (Å²) in [5.41, 5.74) is 0.780. The van der Waals surface area contributed by atoms with Gasteiger partial charge < -0.3 is 10.1 Å². The molecule has 0 bridgehead atoms. The molecule has 1 amide bonds. The van der Waals surface area contributed by atoms with Gasteiger partial charge in [0.25, 0.3) is 0 Å². The molecule has 0 radical (unpaired) electrons. The summed E-state index contributed by atoms with van der Waals surface area (Å²) in [5, 5.41) is 2.85. The molecule has 7 heteroatoms. The minimum Gasteiger partial charge on any atom is -0.376 e. The van der Waals surface area contributed by atoms with Crippen LogP contribution in [0.4, 0.5) is 0 Å². The lowest BCUT2D eigenvalue weighted by atomic mass is 10.1. The predicted octanol–water partition coefficient (Wildman–Crippen LogP) is 0.775. The summed E-state index contributed by atoms with van der Waals surface area (Å²) in [7, 11) is -0.451. The van der Waals surface area contributed by atoms with Gasteiger partial charge >= 0.3 is 0 Å². The van der Waals surface area contributed by atoms with Crippen LogP contribution in [0.5, 0.6) is 0 Å². The number of rotatable bonds is 6. The highest BCUT2D eigenvalue weighted by atomic mass is 32.2. The van der Waals surface area contributed by atoms with Gasteiger partial charge in [0.05, 0.1) is 17.4 Å². The van der Waals surface area contributed by atoms with Crippen LogP contribution in [-0.2, 0) is 26.0 Å². The average molecular weight is 326 g/mol. The Bertz CT molecular complexity index is 605. The van der Waals surface area contributed by atoms with E-state index in [1.807, 2.05) is 0 Å². The van der Waals surface area contributed by atoms with Gasteiger partial charge in [-0.1, -0.05) is 12.1 Å². The van der Waals surface area contributed by atoms with Crippen LogP contribution in [0.25, 0.3) is 0 Å². The van der Waals surface area contributed by atoms with Gasteiger partial charge in [0, 0.05) is 27.2 Å². The van der Waals surface area contributed by atoms with Crippen molar-refractivity contribution in [3.63, 3.8) is 0 Å². The third kappa shape index (κ3) is 4.28. The fraction of sp³-hybridized carbons (Fsp3) is 0.533. The van der Waals surface area contributed by atoms with Crippen LogP contribution in [0, 0.1) is 0 Å². The van der Waals surface area contributed by atoms with E-state index in [2.05, 4.69) is 5.32 Å². The predicted molar refractivity (Wildman–Crippen MR) is 83.0 cm³/mol. The third-order valence-corrected chi connectivity index (χ3v) is 5.45. The highest BCUT2D eigenvalue weighted by molar-refractivity contribution is 7.89. The second kappa shape index (κ2) is 7.21. The SMILES string of the molecule is CN(C)S(=O)(=O)c1ccc(CC(=O)NCC2CCCO2)cc1. The molecule has 1 aromatic rings. The Morgan fingerprint density at radius 2 is 2.00 bits per heavy atom. The van der Waals surface area contributed by atoms with E-state index in [4.69, 9.17) is 4.74 Å². The van der Waals surface area contributed by atoms with Crippen molar-refractivity contribution < 1.29 is 17.9 Å². The quantitative estimate of drug-likeness (QED) is 0.838. The normalized spacial score (nSPS) is 18.6. The number of ether oxygens (including phenoxy) is 1. The maximum Gasteiger partial charge on any atom is 0.242 e. The Hall–Kier alpha value is -1.44. The van der Waals surface area contributed by atoms with Crippen molar-refractivity contribution in [2.24, 2.45) is 0 Å². The van der Waals surface area contributed by atoms with Crippen LogP contribution in [0.2, 0.25) is 0 Å². The van der Waals surface area contributed by atoms with Crippen LogP contribution in [0.15, 0.2) is 29.2 Å². The van der Waals surface area contributed by atoms with E-state index in [0.29, 0.717) is 6.54 Å². The van der Waals surface area contributed by atoms with Crippen molar-refractivity contribution in [2.75, 3.05) is 27.2 Å². The Morgan fingerprint density at radius 1 is 1.32 bits per heavy atom. The zero-order valence-corrected chi connectivity index (χ0v) is 13.7. The van der Waals surface area contributed by atoms with Crippen molar-refractivity contribution in [1.29, 1.82) is 0 Å². The van der Waals surface area contributed by atoms with Crippen molar-refractivity contribution in [1.82, 2.24) is 9.62 Å². The molecule has 0 spiro atoms. The fourth-order valence-electron chi connectivity index (χ4n) is 2.27. The summed E-state index contributed by atoms with van der Waals surface area (Å²) in [6, 6.07) is 6.39. The largest absolute Gasteiger partial charge is 0.376 e. The molecule has 1 N–H and O–H groups in total. The minimum atomic E-state index is -3.43. The number of nitrogens with zero attached hydrogens (tertiary/aromatic N) is 1. The molecule has 0 aliphatic carbocycles. The second-order valence-corrected chi connectivity index (χ2v) is 7.70. The number of hydrogen-bond acceptors (Lipinski definition) is 4. The van der Waals surface area contributed by atoms with Gasteiger partial charge in [-0.2, -0.15) is 0 Å². The molecular formula is C15H22N2O4S. The van der Waals surface area contributed by atoms with Gasteiger partial charge in [-0.15, -0.1) is 0 Å². The summed E-state index contributed by atoms with van der Waals surface area (Å²) in [4.78, 5) is 12.1. The Labute approximate surface area is 131 Å². The number of carbonyl (C=O) groups is 1. The van der Waals surface area contributed by atoms with Crippen molar-refractivity contribution in [3.05, 3.63) is 29.8 Å². The molecule has 22 heavy (non-hydrogen) atoms. The maximum absolute atomic E-state index is 11.9. The molecule has 1 heterocycles. The van der Waals surface area contributed by atoms with Crippen LogP contribution in [0.1, 0.15) is 18.4 Å². The molecule has 1 atom stereocenters. The minimum absolute atomic E-state index is 0.0845. The highest BCUT2D eigenvalue weighted by Gasteiger charge is 2.18. The molecule has 1 aromatic carbocycles. The first-order valence-electron chi connectivity index (χ1n) is 7.29. The van der Waals surface area contributed by atoms with Gasteiger partial charge in [-0.25, -0.2) is 12.7 Å². The molecule has 2 rings (SSSR count). The number of benzene rings is 1. The van der Waals surface area contributed by atoms with Gasteiger partial charge in [0.15, 0.2) is 0 Å². The molecule has 6 nitrogen and oxygen atoms in total. The average Bonchev–Trinajstić information content (AvgIpc) is 2.99. The Kier molecular flexibility index (Phi) is 5.55. The zero-order valence-electron chi connectivity index (χ0n) is 12.9. The summed E-state index contributed by atoms with van der Waals surface area (Å²) in [6.07, 6.45) is 2.38. The van der Waals surface area contributed by atoms with Crippen molar-refractivity contribution >= 4 is 15.9 Å². The summed E-state index contributed by atoms with van der Waals surface area (Å²) in [5.74, 6) is -0.0845. The Balaban J connectivity index is 1.89. The molecule has 122 valence electrons. The molecule has 1 saturated heterocycles. The molecule has 0 saturated carbocycles. The fourth-order valence-corrected chi connectivity index (χ4v) is 3.17. The number of sulfonamides is 1. The lowest BCUT2D eigenvalue weighted by Gasteiger charge is -2.12. The molecule has 0 aromatic heterocycles. The van der Waals surface area contributed by atoms with Gasteiger partial charge in [-0.05, 0) is 30.5 Å². The van der Waals surface area contributed by atoms with E-state index in [1.54, 1.807) is 12.1 Å². The zero-order chi connectivity index (χ0) is 16.2. The second-order valence-electron chi connectivity index (χ2n) is 5.55. The van der Waals surface area contributed by atoms with E-state index < -0.39 is 10.0 Å². The summed E-state index contributed by atoms with van der Waals surface area (Å²) < 4.78 is 30.5. The monoisotopic (exact) mass is 326 g/mol. The first-order valence-corrected chi connectivity index (χ1v) is 8.73. The summed E-state index contributed by atoms with van der Waals surface area (Å²) >= 11 is 0. The number of hydrogen-bond donors (Lipinski definition) is 1. The van der Waals surface area contributed by atoms with Crippen LogP contribution in [0.3, 0.4) is 0 Å². The van der Waals surface area contributed by atoms with Gasteiger partial charge in [0.2, 0.25) is 15.9 Å². The van der Waals surface area contributed by atoms with E-state index in [-0.39, 0.29) is 23.3 Å². The first-order chi connectivity index (χ1) is 10.4. The van der Waals surface area contributed by atoms with E-state index >= 15 is 0 Å². The number of carbonyl (C=O) groups excluding carboxylic acids is 1. The lowest BCUT2D eigenvalue weighted by Crippen LogP contribution is -2.32. The van der Waals surface area contributed by atoms with Crippen molar-refractivity contribution in [2.45, 2.75) is 30.3 Å². The number of amides is 1. The van der Waals surface area contributed by atoms with E-state index in [0.717, 1.165) is 29.3 Å². The van der Waals surface area contributed by atoms with Crippen molar-refractivity contribution in [3.8, 4) is 0 Å². The molecule has 1 fully saturated rings. The summed E-state index contributed by atoms with van der Waals surface area (Å²) in [6.45, 7) is 1.30. The standard InChI is InChI=1S/C15H22N2O4S/c1-17(2)22(19,20)14-7-5-12(6-8-14)10-15(18)16-11-13-4-3-9-21-13/h5-8,13H,3-4,9-11H2,1-2H3,(H,16,18). The number of nitrogens with one attached hydrogen (secondary N) is 1. The smallest absolute Gasteiger partial charge is 0.242 e. The molecule has 1 unspecified atom stereocenters. The van der Waals surface area contributed by atoms with Gasteiger partial charge in [-0.3, -0.25) is 4.79 Å². The van der Waals surface area contributed by atoms with Crippen LogP contribution < -0.4 is 5.32 Å². The van der Waals surface area contributed by atoms with E-state index in [9.17, 15) is 13.2 Å². The Morgan fingerprint density at radius 3 is 2.55 bits per heavy atom. The maximum atomic E-state index is 11.9.